The van der Waals surface area contributed by atoms with Crippen LogP contribution in [0.5, 0.6) is 0 Å². The summed E-state index contributed by atoms with van der Waals surface area (Å²) in [7, 11) is 0. The zero-order chi connectivity index (χ0) is 48.2. The van der Waals surface area contributed by atoms with Gasteiger partial charge in [-0.05, 0) is 43.9 Å². The molecule has 0 aliphatic rings. The first kappa shape index (κ1) is 51.9. The van der Waals surface area contributed by atoms with Crippen LogP contribution in [-0.4, -0.2) is 140 Å². The van der Waals surface area contributed by atoms with Crippen LogP contribution in [0.3, 0.4) is 0 Å². The number of aliphatic carboxylic acids is 1. The van der Waals surface area contributed by atoms with Crippen LogP contribution in [0.1, 0.15) is 56.2 Å². The molecule has 2 heterocycles. The number of aromatic nitrogens is 3. The Morgan fingerprint density at radius 3 is 1.69 bits per heavy atom. The average Bonchev–Trinajstić information content (AvgIpc) is 3.92. The van der Waals surface area contributed by atoms with E-state index in [9.17, 15) is 58.2 Å². The van der Waals surface area contributed by atoms with E-state index in [0.29, 0.717) is 35.0 Å². The van der Waals surface area contributed by atoms with E-state index < -0.39 is 134 Å². The normalized spacial score (nSPS) is 14.3. The number of para-hydroxylation sites is 1. The van der Waals surface area contributed by atoms with Gasteiger partial charge in [0.1, 0.15) is 42.3 Å². The van der Waals surface area contributed by atoms with E-state index in [4.69, 9.17) is 28.7 Å². The summed E-state index contributed by atoms with van der Waals surface area (Å²) in [4.78, 5) is 139. The smallest absolute Gasteiger partial charge is 0.326 e. The number of nitrogens with two attached hydrogens (primary N) is 5. The van der Waals surface area contributed by atoms with E-state index in [0.717, 1.165) is 0 Å². The number of fused-ring (bicyclic) bond motifs is 1. The third-order valence-corrected chi connectivity index (χ3v) is 9.83. The number of unbranched alkanes of at least 4 members (excludes halogenated alkanes) is 1. The quantitative estimate of drug-likeness (QED) is 0.0289. The van der Waals surface area contributed by atoms with Gasteiger partial charge < -0.3 is 80.8 Å². The predicted octanol–water partition coefficient (Wildman–Crippen LogP) is -5.87. The van der Waals surface area contributed by atoms with Crippen LogP contribution in [0.25, 0.3) is 10.9 Å². The maximum atomic E-state index is 14.1. The van der Waals surface area contributed by atoms with Crippen molar-refractivity contribution in [3.63, 3.8) is 0 Å². The van der Waals surface area contributed by atoms with Crippen molar-refractivity contribution in [1.29, 1.82) is 0 Å². The Morgan fingerprint density at radius 2 is 1.15 bits per heavy atom. The number of hydrogen-bond donors (Lipinski definition) is 15. The van der Waals surface area contributed by atoms with E-state index >= 15 is 0 Å². The van der Waals surface area contributed by atoms with E-state index in [1.165, 1.54) is 12.5 Å². The SMILES string of the molecule is NCCCC[C@H](NC(=O)[C@H](CC(N)=O)NC(=O)[C@H](Cc1c[nH]c2ccccc12)NC(=O)[C@H](CCC(N)=O)NC(=O)[C@H](CC(N)=O)NC(=O)[C@H](Cc1cnc[nH]1)NC(=O)[C@@H](N)CO)C(=O)O. The van der Waals surface area contributed by atoms with Gasteiger partial charge in [0.05, 0.1) is 25.8 Å². The minimum absolute atomic E-state index is 0.0290. The minimum atomic E-state index is -1.81. The number of carboxylic acids is 1. The molecule has 0 saturated carbocycles. The monoisotopic (exact) mass is 912 g/mol. The average molecular weight is 913 g/mol. The summed E-state index contributed by atoms with van der Waals surface area (Å²) < 4.78 is 0. The molecule has 0 unspecified atom stereocenters. The van der Waals surface area contributed by atoms with Crippen molar-refractivity contribution >= 4 is 70.0 Å². The zero-order valence-corrected chi connectivity index (χ0v) is 35.2. The van der Waals surface area contributed by atoms with Crippen LogP contribution in [-0.2, 0) is 60.8 Å². The van der Waals surface area contributed by atoms with Crippen molar-refractivity contribution in [2.45, 2.75) is 100 Å². The Kier molecular flexibility index (Phi) is 20.4. The molecule has 3 aromatic rings. The first-order valence-electron chi connectivity index (χ1n) is 20.3. The summed E-state index contributed by atoms with van der Waals surface area (Å²) in [6.07, 6.45) is 1.78. The molecule has 1 aromatic carbocycles. The number of imidazole rings is 1. The highest BCUT2D eigenvalue weighted by Gasteiger charge is 2.35. The number of hydrogen-bond acceptors (Lipinski definition) is 14. The maximum absolute atomic E-state index is 14.1. The number of carboxylic acid groups (broad SMARTS) is 1. The van der Waals surface area contributed by atoms with Crippen molar-refractivity contribution < 1.29 is 58.2 Å². The number of rotatable bonds is 29. The molecule has 26 nitrogen and oxygen atoms in total. The van der Waals surface area contributed by atoms with Gasteiger partial charge in [0.15, 0.2) is 0 Å². The molecule has 0 fully saturated rings. The van der Waals surface area contributed by atoms with Crippen LogP contribution < -0.4 is 60.6 Å². The number of benzene rings is 1. The summed E-state index contributed by atoms with van der Waals surface area (Å²) in [6, 6.07) is -4.29. The summed E-state index contributed by atoms with van der Waals surface area (Å²) in [5.41, 5.74) is 28.7. The van der Waals surface area contributed by atoms with E-state index in [1.807, 2.05) is 0 Å². The van der Waals surface area contributed by atoms with Crippen LogP contribution >= 0.6 is 0 Å². The van der Waals surface area contributed by atoms with Gasteiger partial charge in [0, 0.05) is 48.3 Å². The standard InChI is InChI=1S/C39H56N14O12/c40-10-4-3-7-25(39(64)65)49-38(63)29(14-32(44)57)52-35(60)26(11-19-15-46-23-6-2-1-5-21(19)23)51-34(59)24(8-9-30(42)55)48-37(62)28(13-31(43)56)53-36(61)27(12-20-16-45-18-47-20)50-33(58)22(41)17-54/h1-2,5-6,15-16,18,22,24-29,46,54H,3-4,7-14,17,40-41H2,(H2,42,55)(H2,43,56)(H2,44,57)(H,45,47)(H,48,62)(H,49,63)(H,50,58)(H,51,59)(H,52,60)(H,53,61)(H,64,65)/t22-,24-,25-,26-,27-,28-,29-/m0/s1. The highest BCUT2D eigenvalue weighted by atomic mass is 16.4. The molecule has 65 heavy (non-hydrogen) atoms. The van der Waals surface area contributed by atoms with Gasteiger partial charge in [0.2, 0.25) is 53.2 Å². The lowest BCUT2D eigenvalue weighted by Crippen LogP contribution is -2.61. The molecule has 0 bridgehead atoms. The second-order valence-corrected chi connectivity index (χ2v) is 15.0. The number of aliphatic hydroxyl groups excluding tert-OH is 1. The second-order valence-electron chi connectivity index (χ2n) is 15.0. The number of aliphatic hydroxyl groups is 1. The number of carbonyl (C=O) groups excluding carboxylic acids is 9. The number of nitrogens with zero attached hydrogens (tertiary/aromatic N) is 1. The van der Waals surface area contributed by atoms with Crippen LogP contribution in [0.2, 0.25) is 0 Å². The molecule has 20 N–H and O–H groups in total. The third kappa shape index (κ3) is 17.0. The van der Waals surface area contributed by atoms with Crippen molar-refractivity contribution in [3.8, 4) is 0 Å². The minimum Gasteiger partial charge on any atom is -0.480 e. The van der Waals surface area contributed by atoms with Crippen molar-refractivity contribution in [2.24, 2.45) is 28.7 Å². The Morgan fingerprint density at radius 1 is 0.631 bits per heavy atom. The fourth-order valence-electron chi connectivity index (χ4n) is 6.40. The van der Waals surface area contributed by atoms with Gasteiger partial charge in [-0.2, -0.15) is 0 Å². The van der Waals surface area contributed by atoms with Crippen LogP contribution in [0.15, 0.2) is 43.0 Å². The lowest BCUT2D eigenvalue weighted by molar-refractivity contribution is -0.142. The molecule has 0 aliphatic heterocycles. The third-order valence-electron chi connectivity index (χ3n) is 9.83. The number of H-pyrrole nitrogens is 2. The van der Waals surface area contributed by atoms with E-state index in [1.54, 1.807) is 30.5 Å². The van der Waals surface area contributed by atoms with Crippen molar-refractivity contribution in [2.75, 3.05) is 13.2 Å². The topological polar surface area (TPSA) is 458 Å². The Balaban J connectivity index is 1.95. The van der Waals surface area contributed by atoms with Gasteiger partial charge in [-0.15, -0.1) is 0 Å². The number of amides is 9. The van der Waals surface area contributed by atoms with E-state index in [2.05, 4.69) is 46.9 Å². The highest BCUT2D eigenvalue weighted by Crippen LogP contribution is 2.20. The fraction of sp³-hybridized carbons (Fsp3) is 0.462. The Bertz CT molecular complexity index is 2160. The molecule has 0 spiro atoms. The molecule has 3 rings (SSSR count). The predicted molar refractivity (Wildman–Crippen MR) is 228 cm³/mol. The largest absolute Gasteiger partial charge is 0.480 e. The van der Waals surface area contributed by atoms with Gasteiger partial charge >= 0.3 is 5.97 Å². The zero-order valence-electron chi connectivity index (χ0n) is 35.2. The molecule has 354 valence electrons. The van der Waals surface area contributed by atoms with E-state index in [-0.39, 0.29) is 25.8 Å². The van der Waals surface area contributed by atoms with Crippen molar-refractivity contribution in [1.82, 2.24) is 46.9 Å². The number of primary amides is 3. The number of carbonyl (C=O) groups is 10. The Labute approximate surface area is 370 Å². The number of aromatic amines is 2. The first-order chi connectivity index (χ1) is 30.8. The molecule has 26 heteroatoms. The Hall–Kier alpha value is -7.45. The molecule has 9 amide bonds. The van der Waals surface area contributed by atoms with Gasteiger partial charge in [-0.1, -0.05) is 18.2 Å². The lowest BCUT2D eigenvalue weighted by atomic mass is 10.0. The van der Waals surface area contributed by atoms with Crippen LogP contribution in [0, 0.1) is 0 Å². The van der Waals surface area contributed by atoms with Crippen molar-refractivity contribution in [3.05, 3.63) is 54.2 Å². The lowest BCUT2D eigenvalue weighted by Gasteiger charge is -2.27. The molecular weight excluding hydrogens is 857 g/mol. The maximum Gasteiger partial charge on any atom is 0.326 e. The van der Waals surface area contributed by atoms with Gasteiger partial charge in [-0.3, -0.25) is 43.2 Å². The molecule has 0 saturated heterocycles. The summed E-state index contributed by atoms with van der Waals surface area (Å²) in [5, 5.41) is 33.8. The summed E-state index contributed by atoms with van der Waals surface area (Å²) in [5.74, 6) is -10.8. The first-order valence-corrected chi connectivity index (χ1v) is 20.3. The molecular formula is C39H56N14O12. The molecule has 0 radical (unpaired) electrons. The molecule has 0 aliphatic carbocycles. The van der Waals surface area contributed by atoms with Crippen LogP contribution in [0.4, 0.5) is 0 Å². The molecule has 7 atom stereocenters. The molecule has 2 aromatic heterocycles. The fourth-order valence-corrected chi connectivity index (χ4v) is 6.40. The van der Waals surface area contributed by atoms with Gasteiger partial charge in [0.25, 0.3) is 0 Å². The summed E-state index contributed by atoms with van der Waals surface area (Å²) >= 11 is 0. The summed E-state index contributed by atoms with van der Waals surface area (Å²) in [6.45, 7) is -0.512. The van der Waals surface area contributed by atoms with Gasteiger partial charge in [-0.25, -0.2) is 9.78 Å². The second kappa shape index (κ2) is 25.6. The number of nitrogens with one attached hydrogen (secondary N) is 8. The highest BCUT2D eigenvalue weighted by molar-refractivity contribution is 5.99.